The molecule has 1 aromatic rings. The molecule has 0 aliphatic carbocycles. The molecule has 0 aliphatic heterocycles. The predicted molar refractivity (Wildman–Crippen MR) is 63.2 cm³/mol. The Morgan fingerprint density at radius 3 is 2.69 bits per heavy atom. The first-order chi connectivity index (χ1) is 7.61. The smallest absolute Gasteiger partial charge is 0.188 e. The number of hydrogen-bond acceptors (Lipinski definition) is 4. The van der Waals surface area contributed by atoms with Crippen molar-refractivity contribution in [2.45, 2.75) is 12.3 Å². The van der Waals surface area contributed by atoms with Gasteiger partial charge in [-0.05, 0) is 19.1 Å². The number of phenols is 1. The Labute approximate surface area is 102 Å². The molecule has 0 heterocycles. The molecule has 4 nitrogen and oxygen atoms in total. The molecule has 1 rings (SSSR count). The summed E-state index contributed by atoms with van der Waals surface area (Å²) >= 11 is 3.24. The number of phenolic OH excluding ortho intramolecular Hbond substituents is 1. The van der Waals surface area contributed by atoms with E-state index >= 15 is 0 Å². The average molecular weight is 289 g/mol. The number of carbonyl (C=O) groups excluding carboxylic acids is 1. The Bertz CT molecular complexity index is 390. The van der Waals surface area contributed by atoms with Crippen LogP contribution in [0.5, 0.6) is 11.5 Å². The van der Waals surface area contributed by atoms with Gasteiger partial charge >= 0.3 is 0 Å². The molecule has 0 atom stereocenters. The van der Waals surface area contributed by atoms with Crippen molar-refractivity contribution in [1.82, 2.24) is 0 Å². The van der Waals surface area contributed by atoms with E-state index in [9.17, 15) is 9.90 Å². The molecule has 0 aromatic heterocycles. The third-order valence-electron chi connectivity index (χ3n) is 2.08. The van der Waals surface area contributed by atoms with E-state index in [1.54, 1.807) is 6.07 Å². The highest BCUT2D eigenvalue weighted by molar-refractivity contribution is 9.08. The zero-order valence-corrected chi connectivity index (χ0v) is 10.7. The van der Waals surface area contributed by atoms with Crippen molar-refractivity contribution in [1.29, 1.82) is 0 Å². The van der Waals surface area contributed by atoms with Crippen molar-refractivity contribution in [3.8, 4) is 11.5 Å². The first kappa shape index (κ1) is 13.0. The quantitative estimate of drug-likeness (QED) is 0.514. The lowest BCUT2D eigenvalue weighted by atomic mass is 10.1. The third kappa shape index (κ3) is 2.74. The van der Waals surface area contributed by atoms with Crippen LogP contribution in [0.1, 0.15) is 22.8 Å². The Morgan fingerprint density at radius 1 is 1.50 bits per heavy atom. The second-order valence-corrected chi connectivity index (χ2v) is 3.74. The Morgan fingerprint density at radius 2 is 2.19 bits per heavy atom. The van der Waals surface area contributed by atoms with Crippen LogP contribution in [-0.4, -0.2) is 24.8 Å². The van der Waals surface area contributed by atoms with Gasteiger partial charge in [0.25, 0.3) is 0 Å². The number of benzene rings is 1. The van der Waals surface area contributed by atoms with Crippen molar-refractivity contribution < 1.29 is 19.4 Å². The largest absolute Gasteiger partial charge is 0.507 e. The number of rotatable bonds is 5. The molecule has 0 bridgehead atoms. The molecule has 0 radical (unpaired) electrons. The molecule has 1 aromatic carbocycles. The van der Waals surface area contributed by atoms with Gasteiger partial charge in [-0.1, -0.05) is 15.9 Å². The summed E-state index contributed by atoms with van der Waals surface area (Å²) in [6.45, 7) is 1.50. The van der Waals surface area contributed by atoms with Crippen LogP contribution in [0.4, 0.5) is 0 Å². The summed E-state index contributed by atoms with van der Waals surface area (Å²) in [7, 11) is 1.51. The molecule has 88 valence electrons. The van der Waals surface area contributed by atoms with Crippen molar-refractivity contribution in [2.24, 2.45) is 0 Å². The van der Waals surface area contributed by atoms with Crippen LogP contribution in [0.3, 0.4) is 0 Å². The Kier molecular flexibility index (Phi) is 4.76. The maximum absolute atomic E-state index is 11.2. The van der Waals surface area contributed by atoms with E-state index in [4.69, 9.17) is 9.47 Å². The summed E-state index contributed by atoms with van der Waals surface area (Å²) < 4.78 is 10.0. The summed E-state index contributed by atoms with van der Waals surface area (Å²) in [6.07, 6.45) is 0. The molecule has 0 saturated heterocycles. The van der Waals surface area contributed by atoms with E-state index in [2.05, 4.69) is 15.9 Å². The number of ketones is 1. The maximum atomic E-state index is 11.2. The van der Waals surface area contributed by atoms with E-state index in [0.29, 0.717) is 22.2 Å². The number of ether oxygens (including phenoxy) is 2. The summed E-state index contributed by atoms with van der Waals surface area (Å²) in [4.78, 5) is 11.2. The van der Waals surface area contributed by atoms with E-state index in [-0.39, 0.29) is 18.3 Å². The molecule has 0 amide bonds. The van der Waals surface area contributed by atoms with Gasteiger partial charge in [0.2, 0.25) is 0 Å². The molecule has 16 heavy (non-hydrogen) atoms. The highest BCUT2D eigenvalue weighted by atomic mass is 79.9. The average Bonchev–Trinajstić information content (AvgIpc) is 2.25. The summed E-state index contributed by atoms with van der Waals surface area (Å²) in [5, 5.41) is 10.3. The predicted octanol–water partition coefficient (Wildman–Crippen LogP) is 2.47. The zero-order valence-electron chi connectivity index (χ0n) is 9.12. The lowest BCUT2D eigenvalue weighted by molar-refractivity contribution is 0.0504. The van der Waals surface area contributed by atoms with Crippen molar-refractivity contribution in [2.75, 3.05) is 13.9 Å². The summed E-state index contributed by atoms with van der Waals surface area (Å²) in [6, 6.07) is 3.18. The first-order valence-electron chi connectivity index (χ1n) is 4.65. The lowest BCUT2D eigenvalue weighted by Gasteiger charge is -2.12. The van der Waals surface area contributed by atoms with E-state index in [0.717, 1.165) is 0 Å². The molecule has 1 N–H and O–H groups in total. The van der Waals surface area contributed by atoms with Crippen LogP contribution < -0.4 is 4.74 Å². The number of methoxy groups -OCH3 is 1. The fraction of sp³-hybridized carbons (Fsp3) is 0.364. The number of alkyl halides is 1. The molecule has 0 spiro atoms. The fourth-order valence-corrected chi connectivity index (χ4v) is 1.83. The number of hydrogen-bond donors (Lipinski definition) is 1. The fourth-order valence-electron chi connectivity index (χ4n) is 1.29. The maximum Gasteiger partial charge on any atom is 0.188 e. The van der Waals surface area contributed by atoms with Crippen LogP contribution in [0.15, 0.2) is 12.1 Å². The van der Waals surface area contributed by atoms with E-state index in [1.165, 1.54) is 20.1 Å². The highest BCUT2D eigenvalue weighted by Crippen LogP contribution is 2.33. The van der Waals surface area contributed by atoms with Gasteiger partial charge in [0.15, 0.2) is 12.6 Å². The van der Waals surface area contributed by atoms with Crippen LogP contribution in [-0.2, 0) is 10.1 Å². The molecule has 0 unspecified atom stereocenters. The zero-order chi connectivity index (χ0) is 12.1. The highest BCUT2D eigenvalue weighted by Gasteiger charge is 2.15. The van der Waals surface area contributed by atoms with Gasteiger partial charge in [-0.15, -0.1) is 0 Å². The second-order valence-electron chi connectivity index (χ2n) is 3.18. The minimum Gasteiger partial charge on any atom is -0.507 e. The van der Waals surface area contributed by atoms with Gasteiger partial charge < -0.3 is 14.6 Å². The van der Waals surface area contributed by atoms with Crippen molar-refractivity contribution >= 4 is 21.7 Å². The van der Waals surface area contributed by atoms with Crippen molar-refractivity contribution in [3.63, 3.8) is 0 Å². The molecule has 0 fully saturated rings. The van der Waals surface area contributed by atoms with Crippen LogP contribution in [0.25, 0.3) is 0 Å². The van der Waals surface area contributed by atoms with Crippen molar-refractivity contribution in [3.05, 3.63) is 23.3 Å². The molecular formula is C11H13BrO4. The molecule has 5 heteroatoms. The molecule has 0 saturated carbocycles. The summed E-state index contributed by atoms with van der Waals surface area (Å²) in [5.74, 6) is 0.275. The minimum atomic E-state index is -0.182. The van der Waals surface area contributed by atoms with Gasteiger partial charge in [-0.2, -0.15) is 0 Å². The number of halogens is 1. The third-order valence-corrected chi connectivity index (χ3v) is 2.65. The van der Waals surface area contributed by atoms with E-state index in [1.807, 2.05) is 0 Å². The van der Waals surface area contributed by atoms with E-state index < -0.39 is 0 Å². The van der Waals surface area contributed by atoms with Gasteiger partial charge in [0.1, 0.15) is 11.5 Å². The molecule has 0 aliphatic rings. The monoisotopic (exact) mass is 288 g/mol. The SMILES string of the molecule is COCOc1ccc(C(C)=O)c(O)c1CBr. The standard InChI is InChI=1S/C11H13BrO4/c1-7(13)8-3-4-10(16-6-15-2)9(5-12)11(8)14/h3-4,14H,5-6H2,1-2H3. The van der Waals surface area contributed by atoms with Crippen LogP contribution in [0, 0.1) is 0 Å². The minimum absolute atomic E-state index is 0.0435. The topological polar surface area (TPSA) is 55.8 Å². The van der Waals surface area contributed by atoms with Gasteiger partial charge in [0.05, 0.1) is 5.56 Å². The van der Waals surface area contributed by atoms with Crippen LogP contribution in [0.2, 0.25) is 0 Å². The lowest BCUT2D eigenvalue weighted by Crippen LogP contribution is -2.03. The van der Waals surface area contributed by atoms with Crippen LogP contribution >= 0.6 is 15.9 Å². The number of carbonyl (C=O) groups is 1. The molecular weight excluding hydrogens is 276 g/mol. The number of aromatic hydroxyl groups is 1. The van der Waals surface area contributed by atoms with Gasteiger partial charge in [0, 0.05) is 18.0 Å². The Balaban J connectivity index is 3.13. The normalized spacial score (nSPS) is 10.2. The summed E-state index contributed by atoms with van der Waals surface area (Å²) in [5.41, 5.74) is 0.837. The van der Waals surface area contributed by atoms with Gasteiger partial charge in [-0.25, -0.2) is 0 Å². The number of Topliss-reactive ketones (excluding diaryl/α,β-unsaturated/α-hetero) is 1. The van der Waals surface area contributed by atoms with Gasteiger partial charge in [-0.3, -0.25) is 4.79 Å². The first-order valence-corrected chi connectivity index (χ1v) is 5.77. The second kappa shape index (κ2) is 5.86. The Hall–Kier alpha value is -1.07.